The first kappa shape index (κ1) is 15.3. The largest absolute Gasteiger partial charge is 0.326 e. The van der Waals surface area contributed by atoms with Gasteiger partial charge in [-0.1, -0.05) is 6.07 Å². The van der Waals surface area contributed by atoms with E-state index in [9.17, 15) is 4.79 Å². The maximum absolute atomic E-state index is 11.8. The lowest BCUT2D eigenvalue weighted by Gasteiger charge is -2.05. The summed E-state index contributed by atoms with van der Waals surface area (Å²) in [7, 11) is 0. The molecule has 0 radical (unpaired) electrons. The fourth-order valence-corrected chi connectivity index (χ4v) is 2.80. The van der Waals surface area contributed by atoms with Gasteiger partial charge in [-0.25, -0.2) is 0 Å². The molecule has 1 aromatic heterocycles. The number of rotatable bonds is 6. The van der Waals surface area contributed by atoms with Gasteiger partial charge >= 0.3 is 0 Å². The molecule has 0 saturated carbocycles. The number of hydrogen-bond acceptors (Lipinski definition) is 3. The molecule has 2 aromatic rings. The van der Waals surface area contributed by atoms with Gasteiger partial charge in [0.05, 0.1) is 5.69 Å². The SMILES string of the molecule is O=C(CCSCc1ccccn1)Nc1ccc(I)cc1. The number of carbonyl (C=O) groups is 1. The monoisotopic (exact) mass is 398 g/mol. The van der Waals surface area contributed by atoms with Crippen molar-refractivity contribution in [3.63, 3.8) is 0 Å². The van der Waals surface area contributed by atoms with E-state index in [1.807, 2.05) is 42.5 Å². The van der Waals surface area contributed by atoms with Crippen LogP contribution < -0.4 is 5.32 Å². The number of hydrogen-bond donors (Lipinski definition) is 1. The molecule has 20 heavy (non-hydrogen) atoms. The Morgan fingerprint density at radius 2 is 2.00 bits per heavy atom. The third-order valence-electron chi connectivity index (χ3n) is 2.58. The Balaban J connectivity index is 1.66. The molecule has 1 amide bonds. The second kappa shape index (κ2) is 8.26. The van der Waals surface area contributed by atoms with E-state index in [1.54, 1.807) is 18.0 Å². The predicted octanol–water partition coefficient (Wildman–Crippen LogP) is 3.95. The molecule has 2 rings (SSSR count). The van der Waals surface area contributed by atoms with Crippen LogP contribution >= 0.6 is 34.4 Å². The molecule has 3 nitrogen and oxygen atoms in total. The highest BCUT2D eigenvalue weighted by atomic mass is 127. The molecule has 0 fully saturated rings. The molecule has 0 aliphatic rings. The smallest absolute Gasteiger partial charge is 0.225 e. The van der Waals surface area contributed by atoms with E-state index in [2.05, 4.69) is 32.9 Å². The maximum Gasteiger partial charge on any atom is 0.225 e. The Morgan fingerprint density at radius 3 is 2.70 bits per heavy atom. The van der Waals surface area contributed by atoms with Crippen molar-refractivity contribution >= 4 is 45.9 Å². The molecule has 0 atom stereocenters. The van der Waals surface area contributed by atoms with Crippen LogP contribution in [-0.2, 0) is 10.5 Å². The van der Waals surface area contributed by atoms with E-state index in [4.69, 9.17) is 0 Å². The van der Waals surface area contributed by atoms with E-state index in [1.165, 1.54) is 0 Å². The first-order valence-electron chi connectivity index (χ1n) is 6.27. The summed E-state index contributed by atoms with van der Waals surface area (Å²) >= 11 is 3.96. The Morgan fingerprint density at radius 1 is 1.20 bits per heavy atom. The van der Waals surface area contributed by atoms with Crippen molar-refractivity contribution in [2.75, 3.05) is 11.1 Å². The molecule has 5 heteroatoms. The fraction of sp³-hybridized carbons (Fsp3) is 0.200. The van der Waals surface area contributed by atoms with E-state index >= 15 is 0 Å². The van der Waals surface area contributed by atoms with Crippen molar-refractivity contribution in [2.45, 2.75) is 12.2 Å². The molecule has 0 unspecified atom stereocenters. The third kappa shape index (κ3) is 5.50. The van der Waals surface area contributed by atoms with Crippen LogP contribution in [0.15, 0.2) is 48.7 Å². The summed E-state index contributed by atoms with van der Waals surface area (Å²) in [4.78, 5) is 16.0. The lowest BCUT2D eigenvalue weighted by atomic mass is 10.3. The second-order valence-electron chi connectivity index (χ2n) is 4.18. The Bertz CT molecular complexity index is 546. The third-order valence-corrected chi connectivity index (χ3v) is 4.29. The summed E-state index contributed by atoms with van der Waals surface area (Å²) in [5.74, 6) is 1.70. The van der Waals surface area contributed by atoms with Crippen LogP contribution in [0.25, 0.3) is 0 Å². The molecule has 1 heterocycles. The van der Waals surface area contributed by atoms with Crippen molar-refractivity contribution in [1.29, 1.82) is 0 Å². The number of nitrogens with one attached hydrogen (secondary N) is 1. The highest BCUT2D eigenvalue weighted by molar-refractivity contribution is 14.1. The van der Waals surface area contributed by atoms with Crippen LogP contribution in [-0.4, -0.2) is 16.6 Å². The van der Waals surface area contributed by atoms with Gasteiger partial charge in [-0.2, -0.15) is 11.8 Å². The zero-order valence-corrected chi connectivity index (χ0v) is 13.9. The van der Waals surface area contributed by atoms with Gasteiger partial charge < -0.3 is 5.32 Å². The fourth-order valence-electron chi connectivity index (χ4n) is 1.58. The topological polar surface area (TPSA) is 42.0 Å². The number of thioether (sulfide) groups is 1. The van der Waals surface area contributed by atoms with Crippen LogP contribution in [0.1, 0.15) is 12.1 Å². The molecule has 0 aliphatic heterocycles. The summed E-state index contributed by atoms with van der Waals surface area (Å²) < 4.78 is 1.16. The molecule has 104 valence electrons. The van der Waals surface area contributed by atoms with Gasteiger partial charge in [0.1, 0.15) is 0 Å². The highest BCUT2D eigenvalue weighted by Gasteiger charge is 2.02. The quantitative estimate of drug-likeness (QED) is 0.592. The average molecular weight is 398 g/mol. The van der Waals surface area contributed by atoms with E-state index in [0.29, 0.717) is 6.42 Å². The predicted molar refractivity (Wildman–Crippen MR) is 92.8 cm³/mol. The Kier molecular flexibility index (Phi) is 6.32. The lowest BCUT2D eigenvalue weighted by Crippen LogP contribution is -2.12. The van der Waals surface area contributed by atoms with E-state index in [-0.39, 0.29) is 5.91 Å². The zero-order valence-electron chi connectivity index (χ0n) is 10.9. The number of carbonyl (C=O) groups excluding carboxylic acids is 1. The van der Waals surface area contributed by atoms with Gasteiger partial charge in [0.15, 0.2) is 0 Å². The van der Waals surface area contributed by atoms with Gasteiger partial charge in [-0.15, -0.1) is 0 Å². The van der Waals surface area contributed by atoms with Gasteiger partial charge in [-0.3, -0.25) is 9.78 Å². The summed E-state index contributed by atoms with van der Waals surface area (Å²) in [6, 6.07) is 13.7. The number of anilines is 1. The molecular weight excluding hydrogens is 383 g/mol. The molecular formula is C15H15IN2OS. The van der Waals surface area contributed by atoms with Crippen LogP contribution in [0, 0.1) is 3.57 Å². The number of amides is 1. The van der Waals surface area contributed by atoms with Gasteiger partial charge in [0.25, 0.3) is 0 Å². The van der Waals surface area contributed by atoms with Crippen molar-refractivity contribution < 1.29 is 4.79 Å². The molecule has 0 aliphatic carbocycles. The summed E-state index contributed by atoms with van der Waals surface area (Å²) in [5, 5.41) is 2.90. The van der Waals surface area contributed by atoms with Gasteiger partial charge in [-0.05, 0) is 59.0 Å². The van der Waals surface area contributed by atoms with Crippen LogP contribution in [0.5, 0.6) is 0 Å². The molecule has 0 saturated heterocycles. The summed E-state index contributed by atoms with van der Waals surface area (Å²) in [6.45, 7) is 0. The first-order chi connectivity index (χ1) is 9.74. The number of nitrogens with zero attached hydrogens (tertiary/aromatic N) is 1. The maximum atomic E-state index is 11.8. The molecule has 1 N–H and O–H groups in total. The second-order valence-corrected chi connectivity index (χ2v) is 6.53. The minimum atomic E-state index is 0.0553. The van der Waals surface area contributed by atoms with E-state index in [0.717, 1.165) is 26.5 Å². The minimum absolute atomic E-state index is 0.0553. The Labute approximate surface area is 136 Å². The Hall–Kier alpha value is -1.08. The molecule has 1 aromatic carbocycles. The van der Waals surface area contributed by atoms with Crippen LogP contribution in [0.3, 0.4) is 0 Å². The van der Waals surface area contributed by atoms with Gasteiger partial charge in [0, 0.05) is 33.4 Å². The number of aromatic nitrogens is 1. The van der Waals surface area contributed by atoms with Crippen molar-refractivity contribution in [2.24, 2.45) is 0 Å². The number of halogens is 1. The minimum Gasteiger partial charge on any atom is -0.326 e. The van der Waals surface area contributed by atoms with Crippen LogP contribution in [0.2, 0.25) is 0 Å². The standard InChI is InChI=1S/C15H15IN2OS/c16-12-4-6-13(7-5-12)18-15(19)8-10-20-11-14-3-1-2-9-17-14/h1-7,9H,8,10-11H2,(H,18,19). The van der Waals surface area contributed by atoms with Gasteiger partial charge in [0.2, 0.25) is 5.91 Å². The van der Waals surface area contributed by atoms with E-state index < -0.39 is 0 Å². The van der Waals surface area contributed by atoms with Crippen molar-refractivity contribution in [1.82, 2.24) is 4.98 Å². The molecule has 0 bridgehead atoms. The summed E-state index contributed by atoms with van der Waals surface area (Å²) in [6.07, 6.45) is 2.31. The average Bonchev–Trinajstić information content (AvgIpc) is 2.47. The number of pyridine rings is 1. The number of benzene rings is 1. The zero-order chi connectivity index (χ0) is 14.2. The van der Waals surface area contributed by atoms with Crippen molar-refractivity contribution in [3.8, 4) is 0 Å². The normalized spacial score (nSPS) is 10.2. The van der Waals surface area contributed by atoms with Crippen molar-refractivity contribution in [3.05, 3.63) is 57.9 Å². The van der Waals surface area contributed by atoms with Crippen LogP contribution in [0.4, 0.5) is 5.69 Å². The summed E-state index contributed by atoms with van der Waals surface area (Å²) in [5.41, 5.74) is 1.90. The molecule has 0 spiro atoms. The lowest BCUT2D eigenvalue weighted by molar-refractivity contribution is -0.115. The first-order valence-corrected chi connectivity index (χ1v) is 8.50. The highest BCUT2D eigenvalue weighted by Crippen LogP contribution is 2.13.